The summed E-state index contributed by atoms with van der Waals surface area (Å²) in [6, 6.07) is -0.271. The van der Waals surface area contributed by atoms with Crippen molar-refractivity contribution in [1.82, 2.24) is 15.1 Å². The standard InChI is InChI=1S/C12H19N5O3S2/c1-4-6-7-13-9-8-16(3)12(18)17(9)10-14-15-11(21-10)22(19,20)5-2/h4-8H2,1-3H3. The summed E-state index contributed by atoms with van der Waals surface area (Å²) in [7, 11) is -1.75. The maximum Gasteiger partial charge on any atom is 0.332 e. The second kappa shape index (κ2) is 6.69. The van der Waals surface area contributed by atoms with Gasteiger partial charge in [-0.15, -0.1) is 10.2 Å². The number of hydrogen-bond donors (Lipinski definition) is 0. The lowest BCUT2D eigenvalue weighted by Crippen LogP contribution is -2.31. The molecule has 10 heteroatoms. The van der Waals surface area contributed by atoms with E-state index in [0.717, 1.165) is 24.2 Å². The molecule has 2 heterocycles. The number of nitrogens with zero attached hydrogens (tertiary/aromatic N) is 5. The van der Waals surface area contributed by atoms with Gasteiger partial charge in [0.25, 0.3) is 0 Å². The number of likely N-dealkylation sites (N-methyl/N-ethyl adjacent to an activating group) is 1. The Labute approximate surface area is 133 Å². The quantitative estimate of drug-likeness (QED) is 0.573. The molecule has 1 aromatic heterocycles. The first-order valence-electron chi connectivity index (χ1n) is 7.05. The zero-order valence-corrected chi connectivity index (χ0v) is 14.4. The summed E-state index contributed by atoms with van der Waals surface area (Å²) < 4.78 is 23.6. The molecular weight excluding hydrogens is 326 g/mol. The molecule has 0 saturated carbocycles. The highest BCUT2D eigenvalue weighted by Crippen LogP contribution is 2.28. The minimum atomic E-state index is -3.42. The Kier molecular flexibility index (Phi) is 5.12. The summed E-state index contributed by atoms with van der Waals surface area (Å²) in [6.45, 7) is 4.62. The molecule has 0 bridgehead atoms. The van der Waals surface area contributed by atoms with Crippen LogP contribution in [0, 0.1) is 0 Å². The van der Waals surface area contributed by atoms with Crippen molar-refractivity contribution in [2.75, 3.05) is 30.8 Å². The van der Waals surface area contributed by atoms with E-state index in [9.17, 15) is 13.2 Å². The van der Waals surface area contributed by atoms with Crippen LogP contribution >= 0.6 is 11.3 Å². The number of carbonyl (C=O) groups excluding carboxylic acids is 1. The van der Waals surface area contributed by atoms with Crippen molar-refractivity contribution in [1.29, 1.82) is 0 Å². The highest BCUT2D eigenvalue weighted by Gasteiger charge is 2.36. The topological polar surface area (TPSA) is 95.8 Å². The number of aliphatic imine (C=N–C) groups is 1. The predicted octanol–water partition coefficient (Wildman–Crippen LogP) is 1.40. The maximum absolute atomic E-state index is 12.2. The molecule has 2 rings (SSSR count). The zero-order valence-electron chi connectivity index (χ0n) is 12.8. The molecule has 0 spiro atoms. The first-order valence-corrected chi connectivity index (χ1v) is 9.52. The number of anilines is 1. The second-order valence-electron chi connectivity index (χ2n) is 4.88. The summed E-state index contributed by atoms with van der Waals surface area (Å²) in [5.41, 5.74) is 0. The van der Waals surface area contributed by atoms with Crippen LogP contribution in [0.15, 0.2) is 9.33 Å². The Balaban J connectivity index is 2.32. The highest BCUT2D eigenvalue weighted by molar-refractivity contribution is 7.93. The highest BCUT2D eigenvalue weighted by atomic mass is 32.2. The van der Waals surface area contributed by atoms with Crippen molar-refractivity contribution in [3.05, 3.63) is 0 Å². The monoisotopic (exact) mass is 345 g/mol. The number of sulfone groups is 1. The summed E-state index contributed by atoms with van der Waals surface area (Å²) in [5, 5.41) is 7.82. The van der Waals surface area contributed by atoms with Gasteiger partial charge in [0.1, 0.15) is 5.84 Å². The van der Waals surface area contributed by atoms with E-state index in [1.165, 1.54) is 9.80 Å². The lowest BCUT2D eigenvalue weighted by molar-refractivity contribution is 0.229. The molecule has 0 aromatic carbocycles. The van der Waals surface area contributed by atoms with Crippen LogP contribution in [0.3, 0.4) is 0 Å². The first kappa shape index (κ1) is 16.8. The van der Waals surface area contributed by atoms with Gasteiger partial charge in [0, 0.05) is 13.6 Å². The fourth-order valence-electron chi connectivity index (χ4n) is 1.85. The molecule has 1 aromatic rings. The van der Waals surface area contributed by atoms with Crippen LogP contribution in [-0.4, -0.2) is 61.3 Å². The van der Waals surface area contributed by atoms with Crippen LogP contribution in [0.1, 0.15) is 26.7 Å². The van der Waals surface area contributed by atoms with E-state index in [1.54, 1.807) is 14.0 Å². The van der Waals surface area contributed by atoms with Crippen LogP contribution in [-0.2, 0) is 9.84 Å². The van der Waals surface area contributed by atoms with Gasteiger partial charge in [0.15, 0.2) is 0 Å². The molecule has 8 nitrogen and oxygen atoms in total. The fourth-order valence-corrected chi connectivity index (χ4v) is 3.94. The van der Waals surface area contributed by atoms with E-state index >= 15 is 0 Å². The van der Waals surface area contributed by atoms with Crippen LogP contribution in [0.2, 0.25) is 0 Å². The number of unbranched alkanes of at least 4 members (excludes halogenated alkanes) is 1. The van der Waals surface area contributed by atoms with Gasteiger partial charge >= 0.3 is 6.03 Å². The number of amides is 2. The minimum Gasteiger partial charge on any atom is -0.320 e. The van der Waals surface area contributed by atoms with E-state index < -0.39 is 9.84 Å². The van der Waals surface area contributed by atoms with Crippen molar-refractivity contribution >= 4 is 38.2 Å². The number of carbonyl (C=O) groups is 1. The van der Waals surface area contributed by atoms with Crippen LogP contribution < -0.4 is 4.90 Å². The molecule has 0 radical (unpaired) electrons. The molecule has 22 heavy (non-hydrogen) atoms. The van der Waals surface area contributed by atoms with E-state index in [1.807, 2.05) is 0 Å². The lowest BCUT2D eigenvalue weighted by Gasteiger charge is -2.11. The van der Waals surface area contributed by atoms with Gasteiger partial charge in [-0.3, -0.25) is 4.99 Å². The van der Waals surface area contributed by atoms with E-state index in [2.05, 4.69) is 22.1 Å². The van der Waals surface area contributed by atoms with Gasteiger partial charge in [-0.1, -0.05) is 31.6 Å². The molecule has 1 aliphatic heterocycles. The van der Waals surface area contributed by atoms with Gasteiger partial charge in [0.05, 0.1) is 12.3 Å². The number of amidine groups is 1. The average Bonchev–Trinajstić information content (AvgIpc) is 3.06. The van der Waals surface area contributed by atoms with Crippen molar-refractivity contribution < 1.29 is 13.2 Å². The molecule has 0 N–H and O–H groups in total. The molecule has 1 aliphatic rings. The Morgan fingerprint density at radius 1 is 1.32 bits per heavy atom. The summed E-state index contributed by atoms with van der Waals surface area (Å²) in [4.78, 5) is 19.5. The first-order chi connectivity index (χ1) is 10.4. The van der Waals surface area contributed by atoms with Gasteiger partial charge in [-0.2, -0.15) is 0 Å². The average molecular weight is 345 g/mol. The summed E-state index contributed by atoms with van der Waals surface area (Å²) >= 11 is 0.898. The Morgan fingerprint density at radius 2 is 2.05 bits per heavy atom. The molecular formula is C12H19N5O3S2. The lowest BCUT2D eigenvalue weighted by atomic mass is 10.3. The molecule has 122 valence electrons. The number of rotatable bonds is 6. The Morgan fingerprint density at radius 3 is 2.68 bits per heavy atom. The second-order valence-corrected chi connectivity index (χ2v) is 8.29. The summed E-state index contributed by atoms with van der Waals surface area (Å²) in [6.07, 6.45) is 1.94. The molecule has 1 saturated heterocycles. The van der Waals surface area contributed by atoms with E-state index in [-0.39, 0.29) is 21.3 Å². The molecule has 0 aliphatic carbocycles. The number of hydrogen-bond acceptors (Lipinski definition) is 7. The third kappa shape index (κ3) is 3.27. The normalized spacial score (nSPS) is 17.8. The molecule has 1 fully saturated rings. The van der Waals surface area contributed by atoms with Crippen molar-refractivity contribution in [2.24, 2.45) is 4.99 Å². The minimum absolute atomic E-state index is 0.0487. The van der Waals surface area contributed by atoms with Crippen molar-refractivity contribution in [3.8, 4) is 0 Å². The maximum atomic E-state index is 12.2. The predicted molar refractivity (Wildman–Crippen MR) is 85.4 cm³/mol. The van der Waals surface area contributed by atoms with E-state index in [0.29, 0.717) is 18.9 Å². The summed E-state index contributed by atoms with van der Waals surface area (Å²) in [5.74, 6) is 0.532. The third-order valence-corrected chi connectivity index (χ3v) is 6.28. The third-order valence-electron chi connectivity index (χ3n) is 3.19. The Bertz CT molecular complexity index is 683. The van der Waals surface area contributed by atoms with Gasteiger partial charge in [-0.05, 0) is 6.42 Å². The van der Waals surface area contributed by atoms with Gasteiger partial charge in [0.2, 0.25) is 19.3 Å². The van der Waals surface area contributed by atoms with Gasteiger partial charge < -0.3 is 4.90 Å². The van der Waals surface area contributed by atoms with Gasteiger partial charge in [-0.25, -0.2) is 18.1 Å². The zero-order chi connectivity index (χ0) is 16.3. The Hall–Kier alpha value is -1.55. The van der Waals surface area contributed by atoms with Crippen molar-refractivity contribution in [3.63, 3.8) is 0 Å². The fraction of sp³-hybridized carbons (Fsp3) is 0.667. The van der Waals surface area contributed by atoms with Crippen LogP contribution in [0.5, 0.6) is 0 Å². The smallest absolute Gasteiger partial charge is 0.320 e. The molecule has 0 atom stereocenters. The van der Waals surface area contributed by atoms with E-state index in [4.69, 9.17) is 0 Å². The van der Waals surface area contributed by atoms with Crippen molar-refractivity contribution in [2.45, 2.75) is 31.0 Å². The SMILES string of the molecule is CCCCN=C1CN(C)C(=O)N1c1nnc(S(=O)(=O)CC)s1. The largest absolute Gasteiger partial charge is 0.332 e. The number of aromatic nitrogens is 2. The van der Waals surface area contributed by atoms with Crippen LogP contribution in [0.25, 0.3) is 0 Å². The molecule has 0 unspecified atom stereocenters. The molecule has 2 amide bonds. The number of urea groups is 1. The van der Waals surface area contributed by atoms with Crippen LogP contribution in [0.4, 0.5) is 9.93 Å².